The zero-order valence-corrected chi connectivity index (χ0v) is 14.6. The van der Waals surface area contributed by atoms with Crippen LogP contribution >= 0.6 is 0 Å². The van der Waals surface area contributed by atoms with Gasteiger partial charge in [-0.3, -0.25) is 4.79 Å². The normalized spacial score (nSPS) is 11.6. The lowest BCUT2D eigenvalue weighted by Gasteiger charge is -2.09. The molecule has 2 rings (SSSR count). The summed E-state index contributed by atoms with van der Waals surface area (Å²) >= 11 is 0. The van der Waals surface area contributed by atoms with Gasteiger partial charge in [0.1, 0.15) is 11.6 Å². The van der Waals surface area contributed by atoms with Crippen LogP contribution in [-0.2, 0) is 17.4 Å². The summed E-state index contributed by atoms with van der Waals surface area (Å²) in [5.41, 5.74) is 1.12. The summed E-state index contributed by atoms with van der Waals surface area (Å²) in [4.78, 5) is 12.1. The Bertz CT molecular complexity index is 883. The van der Waals surface area contributed by atoms with Crippen LogP contribution in [-0.4, -0.2) is 12.5 Å². The molecule has 0 saturated carbocycles. The molecule has 0 radical (unpaired) electrons. The van der Waals surface area contributed by atoms with E-state index in [1.165, 1.54) is 18.3 Å². The highest BCUT2D eigenvalue weighted by molar-refractivity contribution is 6.06. The molecule has 0 aliphatic rings. The Labute approximate surface area is 155 Å². The van der Waals surface area contributed by atoms with Crippen LogP contribution in [0.3, 0.4) is 0 Å². The van der Waals surface area contributed by atoms with Crippen LogP contribution in [0.4, 0.5) is 18.9 Å². The summed E-state index contributed by atoms with van der Waals surface area (Å²) in [5.74, 6) is -0.778. The van der Waals surface area contributed by atoms with Gasteiger partial charge in [-0.2, -0.15) is 18.4 Å². The molecule has 0 atom stereocenters. The first-order valence-electron chi connectivity index (χ1n) is 8.17. The van der Waals surface area contributed by atoms with Gasteiger partial charge in [-0.15, -0.1) is 0 Å². The van der Waals surface area contributed by atoms with Crippen molar-refractivity contribution < 1.29 is 18.0 Å². The predicted molar refractivity (Wildman–Crippen MR) is 96.7 cm³/mol. The average Bonchev–Trinajstić information content (AvgIpc) is 2.61. The maximum atomic E-state index is 12.7. The quantitative estimate of drug-likeness (QED) is 0.453. The highest BCUT2D eigenvalue weighted by Gasteiger charge is 2.30. The molecule has 4 nitrogen and oxygen atoms in total. The topological polar surface area (TPSA) is 64.9 Å². The summed E-state index contributed by atoms with van der Waals surface area (Å²) in [6.07, 6.45) is -2.54. The second kappa shape index (κ2) is 8.90. The third-order valence-corrected chi connectivity index (χ3v) is 3.70. The van der Waals surface area contributed by atoms with Gasteiger partial charge in [-0.25, -0.2) is 0 Å². The SMILES string of the molecule is Cc1cccc(CCN/C=C(/C#N)C(=O)Nc2cccc(C(F)(F)F)c2)c1. The van der Waals surface area contributed by atoms with Crippen molar-refractivity contribution in [1.29, 1.82) is 5.26 Å². The molecule has 0 unspecified atom stereocenters. The smallest absolute Gasteiger partial charge is 0.389 e. The van der Waals surface area contributed by atoms with E-state index in [2.05, 4.69) is 10.6 Å². The second-order valence-electron chi connectivity index (χ2n) is 5.90. The summed E-state index contributed by atoms with van der Waals surface area (Å²) in [6.45, 7) is 2.49. The molecule has 2 aromatic rings. The van der Waals surface area contributed by atoms with Crippen LogP contribution in [0, 0.1) is 18.3 Å². The molecule has 27 heavy (non-hydrogen) atoms. The largest absolute Gasteiger partial charge is 0.416 e. The van der Waals surface area contributed by atoms with Gasteiger partial charge in [0.25, 0.3) is 5.91 Å². The number of rotatable bonds is 6. The molecule has 0 fully saturated rings. The lowest BCUT2D eigenvalue weighted by atomic mass is 10.1. The Morgan fingerprint density at radius 3 is 2.59 bits per heavy atom. The van der Waals surface area contributed by atoms with Crippen LogP contribution < -0.4 is 10.6 Å². The molecule has 0 saturated heterocycles. The first-order valence-corrected chi connectivity index (χ1v) is 8.17. The van der Waals surface area contributed by atoms with Crippen LogP contribution in [0.5, 0.6) is 0 Å². The van der Waals surface area contributed by atoms with Gasteiger partial charge in [-0.1, -0.05) is 35.9 Å². The molecule has 0 heterocycles. The van der Waals surface area contributed by atoms with Gasteiger partial charge in [0.05, 0.1) is 5.56 Å². The van der Waals surface area contributed by atoms with Crippen molar-refractivity contribution in [2.24, 2.45) is 0 Å². The number of halogens is 3. The zero-order valence-electron chi connectivity index (χ0n) is 14.6. The van der Waals surface area contributed by atoms with E-state index in [9.17, 15) is 18.0 Å². The summed E-state index contributed by atoms with van der Waals surface area (Å²) in [5, 5.41) is 14.3. The number of alkyl halides is 3. The Kier molecular flexibility index (Phi) is 6.61. The molecule has 0 bridgehead atoms. The lowest BCUT2D eigenvalue weighted by Crippen LogP contribution is -2.18. The number of amides is 1. The Morgan fingerprint density at radius 2 is 1.93 bits per heavy atom. The highest BCUT2D eigenvalue weighted by Crippen LogP contribution is 2.30. The highest BCUT2D eigenvalue weighted by atomic mass is 19.4. The number of nitrogens with one attached hydrogen (secondary N) is 2. The van der Waals surface area contributed by atoms with Crippen molar-refractivity contribution in [1.82, 2.24) is 5.32 Å². The average molecular weight is 373 g/mol. The Balaban J connectivity index is 1.95. The summed E-state index contributed by atoms with van der Waals surface area (Å²) < 4.78 is 38.1. The second-order valence-corrected chi connectivity index (χ2v) is 5.90. The van der Waals surface area contributed by atoms with Gasteiger partial charge in [0.15, 0.2) is 0 Å². The van der Waals surface area contributed by atoms with E-state index in [1.54, 1.807) is 6.07 Å². The van der Waals surface area contributed by atoms with Crippen LogP contribution in [0.25, 0.3) is 0 Å². The van der Waals surface area contributed by atoms with Gasteiger partial charge in [0.2, 0.25) is 0 Å². The number of hydrogen-bond acceptors (Lipinski definition) is 3. The van der Waals surface area contributed by atoms with Crippen molar-refractivity contribution in [3.05, 3.63) is 77.0 Å². The molecular weight excluding hydrogens is 355 g/mol. The fraction of sp³-hybridized carbons (Fsp3) is 0.200. The molecule has 7 heteroatoms. The van der Waals surface area contributed by atoms with E-state index in [-0.39, 0.29) is 11.3 Å². The van der Waals surface area contributed by atoms with Crippen molar-refractivity contribution in [2.45, 2.75) is 19.5 Å². The van der Waals surface area contributed by atoms with E-state index in [4.69, 9.17) is 5.26 Å². The van der Waals surface area contributed by atoms with Crippen LogP contribution in [0.15, 0.2) is 60.3 Å². The number of carbonyl (C=O) groups is 1. The van der Waals surface area contributed by atoms with E-state index in [1.807, 2.05) is 31.2 Å². The van der Waals surface area contributed by atoms with Gasteiger partial charge < -0.3 is 10.6 Å². The molecule has 140 valence electrons. The minimum absolute atomic E-state index is 0.0317. The minimum atomic E-state index is -4.51. The van der Waals surface area contributed by atoms with E-state index >= 15 is 0 Å². The number of aryl methyl sites for hydroxylation is 1. The van der Waals surface area contributed by atoms with Gasteiger partial charge >= 0.3 is 6.18 Å². The van der Waals surface area contributed by atoms with Gasteiger partial charge in [0, 0.05) is 18.4 Å². The van der Waals surface area contributed by atoms with E-state index in [0.29, 0.717) is 13.0 Å². The van der Waals surface area contributed by atoms with Crippen molar-refractivity contribution in [2.75, 3.05) is 11.9 Å². The van der Waals surface area contributed by atoms with Crippen LogP contribution in [0.1, 0.15) is 16.7 Å². The Morgan fingerprint density at radius 1 is 1.19 bits per heavy atom. The molecule has 2 aromatic carbocycles. The standard InChI is InChI=1S/C20H18F3N3O/c1-14-4-2-5-15(10-14)8-9-25-13-16(12-24)19(27)26-18-7-3-6-17(11-18)20(21,22)23/h2-7,10-11,13,25H,8-9H2,1H3,(H,26,27)/b16-13-. The molecule has 0 spiro atoms. The Hall–Kier alpha value is -3.27. The molecule has 2 N–H and O–H groups in total. The van der Waals surface area contributed by atoms with Crippen LogP contribution in [0.2, 0.25) is 0 Å². The fourth-order valence-corrected chi connectivity index (χ4v) is 2.38. The predicted octanol–water partition coefficient (Wildman–Crippen LogP) is 4.19. The maximum absolute atomic E-state index is 12.7. The fourth-order valence-electron chi connectivity index (χ4n) is 2.38. The number of anilines is 1. The number of nitriles is 1. The third kappa shape index (κ3) is 6.19. The first kappa shape index (κ1) is 20.0. The van der Waals surface area contributed by atoms with E-state index in [0.717, 1.165) is 23.3 Å². The summed E-state index contributed by atoms with van der Waals surface area (Å²) in [6, 6.07) is 13.9. The lowest BCUT2D eigenvalue weighted by molar-refractivity contribution is -0.137. The molecule has 0 aliphatic heterocycles. The third-order valence-electron chi connectivity index (χ3n) is 3.70. The maximum Gasteiger partial charge on any atom is 0.416 e. The zero-order chi connectivity index (χ0) is 19.9. The number of nitrogens with zero attached hydrogens (tertiary/aromatic N) is 1. The molecular formula is C20H18F3N3O. The van der Waals surface area contributed by atoms with Crippen molar-refractivity contribution in [3.8, 4) is 6.07 Å². The number of benzene rings is 2. The summed E-state index contributed by atoms with van der Waals surface area (Å²) in [7, 11) is 0. The molecule has 0 aromatic heterocycles. The molecule has 0 aliphatic carbocycles. The van der Waals surface area contributed by atoms with Crippen molar-refractivity contribution >= 4 is 11.6 Å². The van der Waals surface area contributed by atoms with E-state index < -0.39 is 17.6 Å². The number of carbonyl (C=O) groups excluding carboxylic acids is 1. The number of hydrogen-bond donors (Lipinski definition) is 2. The molecule has 1 amide bonds. The van der Waals surface area contributed by atoms with Crippen molar-refractivity contribution in [3.63, 3.8) is 0 Å². The monoisotopic (exact) mass is 373 g/mol. The first-order chi connectivity index (χ1) is 12.8. The minimum Gasteiger partial charge on any atom is -0.389 e. The van der Waals surface area contributed by atoms with Gasteiger partial charge in [-0.05, 0) is 37.1 Å².